The van der Waals surface area contributed by atoms with Crippen molar-refractivity contribution >= 4 is 119 Å². The number of nitrogens with one attached hydrogen (secondary N) is 10. The lowest BCUT2D eigenvalue weighted by Crippen LogP contribution is -2.36. The number of halogens is 4. The molecule has 13 heterocycles. The van der Waals surface area contributed by atoms with Crippen LogP contribution >= 0.6 is 0 Å². The van der Waals surface area contributed by atoms with E-state index >= 15 is 0 Å². The van der Waals surface area contributed by atoms with Crippen LogP contribution in [0, 0.1) is 29.2 Å². The molecule has 1 saturated carbocycles. The molecule has 2 fully saturated rings. The number of anilines is 7. The zero-order valence-corrected chi connectivity index (χ0v) is 78.6. The normalized spacial score (nSPS) is 12.1. The van der Waals surface area contributed by atoms with Crippen molar-refractivity contribution in [3.05, 3.63) is 369 Å². The molecule has 2 aliphatic rings. The Hall–Kier alpha value is -19.1. The van der Waals surface area contributed by atoms with Gasteiger partial charge in [0.15, 0.2) is 22.8 Å². The second kappa shape index (κ2) is 43.3. The van der Waals surface area contributed by atoms with Gasteiger partial charge >= 0.3 is 6.03 Å². The van der Waals surface area contributed by atoms with Gasteiger partial charge in [-0.25, -0.2) is 22.4 Å². The van der Waals surface area contributed by atoms with Crippen LogP contribution < -0.4 is 36.8 Å². The van der Waals surface area contributed by atoms with Gasteiger partial charge in [0.1, 0.15) is 23.3 Å². The number of ether oxygens (including phenoxy) is 1. The lowest BCUT2D eigenvalue weighted by Gasteiger charge is -2.28. The van der Waals surface area contributed by atoms with E-state index in [-0.39, 0.29) is 75.9 Å². The minimum Gasteiger partial charge on any atom is -0.378 e. The van der Waals surface area contributed by atoms with Gasteiger partial charge in [0.2, 0.25) is 5.91 Å². The third-order valence-corrected chi connectivity index (χ3v) is 23.8. The summed E-state index contributed by atoms with van der Waals surface area (Å²) in [6.07, 6.45) is 22.0. The molecular formula is C110H89F4N25O7. The molecule has 12 aromatic heterocycles. The van der Waals surface area contributed by atoms with Gasteiger partial charge in [0.05, 0.1) is 141 Å². The zero-order chi connectivity index (χ0) is 101. The number of rotatable bonds is 22. The van der Waals surface area contributed by atoms with E-state index in [1.807, 2.05) is 124 Å². The summed E-state index contributed by atoms with van der Waals surface area (Å²) in [6, 6.07) is 68.8. The molecule has 20 aromatic rings. The van der Waals surface area contributed by atoms with E-state index < -0.39 is 5.91 Å². The average molecular weight is 1950 g/mol. The zero-order valence-electron chi connectivity index (χ0n) is 78.6. The number of morpholine rings is 1. The van der Waals surface area contributed by atoms with Crippen LogP contribution in [0.3, 0.4) is 0 Å². The molecular weight excluding hydrogens is 1860 g/mol. The number of fused-ring (bicyclic) bond motifs is 4. The van der Waals surface area contributed by atoms with Crippen molar-refractivity contribution in [2.24, 2.45) is 5.92 Å². The third kappa shape index (κ3) is 23.1. The smallest absolute Gasteiger partial charge is 0.321 e. The van der Waals surface area contributed by atoms with E-state index in [2.05, 4.69) is 134 Å². The highest BCUT2D eigenvalue weighted by Crippen LogP contribution is 2.37. The number of urea groups is 1. The predicted molar refractivity (Wildman–Crippen MR) is 552 cm³/mol. The standard InChI is InChI=1S/C28H23FN6O2.C28H21FN6O2.C27H22FN7O2.C27H23FN6O/c29-21-4-1-18(2-5-21)25-8-6-22(16-31-25)32-28(36)27-24-14-19(3-7-26(24)33-34-27)20-13-23(17-30-15-20)35-9-11-37-12-10-35;29-20-6-3-16(4-7-20)24-10-8-21(15-31-24)32-28(37)26-23-12-18(5-9-25(23)34-35-26)19-11-22(14-30-13-19)33-27(36)17-1-2-17;1-35(2)27(37)32-21-11-18(13-29-14-21)17-5-9-24-22(12-17)25(34-33-24)26(36)31-20-8-10-23(30-15-20)16-3-6-19(28)7-4-16;1-34(2)16-17-11-20(14-29-13-17)19-5-9-25-23(12-19)26(33-32-25)27(35)31-22-8-10-24(30-15-22)18-3-6-21(28)7-4-18/h1-8,13-17H,9-12H2,(H,32,36)(H,33,34);3-15,17H,1-2H2,(H,32,37)(H,33,36)(H,34,35);3-15H,1-2H3,(H,31,36)(H,32,37)(H,33,34);3-15H,16H2,1-2H3,(H,31,35)(H,32,33). The van der Waals surface area contributed by atoms with E-state index in [1.165, 1.54) is 59.6 Å². The summed E-state index contributed by atoms with van der Waals surface area (Å²) in [5.74, 6) is -2.59. The molecule has 1 saturated heterocycles. The van der Waals surface area contributed by atoms with Crippen LogP contribution in [0.25, 0.3) is 133 Å². The molecule has 7 amide bonds. The molecule has 0 unspecified atom stereocenters. The van der Waals surface area contributed by atoms with Crippen LogP contribution in [0.4, 0.5) is 62.2 Å². The predicted octanol–water partition coefficient (Wildman–Crippen LogP) is 20.7. The van der Waals surface area contributed by atoms with Crippen molar-refractivity contribution < 1.29 is 51.1 Å². The van der Waals surface area contributed by atoms with E-state index in [1.54, 1.807) is 155 Å². The minimum absolute atomic E-state index is 0.0170. The van der Waals surface area contributed by atoms with Crippen molar-refractivity contribution in [2.45, 2.75) is 19.4 Å². The highest BCUT2D eigenvalue weighted by atomic mass is 19.1. The molecule has 10 N–H and O–H groups in total. The minimum atomic E-state index is -0.398. The molecule has 1 aliphatic carbocycles. The van der Waals surface area contributed by atoms with E-state index in [0.717, 1.165) is 122 Å². The molecule has 1 aliphatic heterocycles. The van der Waals surface area contributed by atoms with Gasteiger partial charge in [-0.3, -0.25) is 84.2 Å². The van der Waals surface area contributed by atoms with Crippen LogP contribution in [0.5, 0.6) is 0 Å². The fourth-order valence-corrected chi connectivity index (χ4v) is 16.1. The van der Waals surface area contributed by atoms with Gasteiger partial charge < -0.3 is 51.3 Å². The van der Waals surface area contributed by atoms with Crippen LogP contribution in [-0.2, 0) is 16.1 Å². The fourth-order valence-electron chi connectivity index (χ4n) is 16.1. The summed E-state index contributed by atoms with van der Waals surface area (Å²) in [5.41, 5.74) is 22.2. The topological polar surface area (TPSA) is 411 Å². The van der Waals surface area contributed by atoms with E-state index in [4.69, 9.17) is 4.74 Å². The molecule has 36 heteroatoms. The summed E-state index contributed by atoms with van der Waals surface area (Å²) in [6.45, 7) is 3.85. The molecule has 8 aromatic carbocycles. The maximum absolute atomic E-state index is 13.2. The van der Waals surface area contributed by atoms with Gasteiger partial charge in [-0.1, -0.05) is 24.3 Å². The number of benzene rings is 8. The van der Waals surface area contributed by atoms with Crippen molar-refractivity contribution in [3.63, 3.8) is 0 Å². The second-order valence-electron chi connectivity index (χ2n) is 34.8. The Bertz CT molecular complexity index is 7950. The van der Waals surface area contributed by atoms with Crippen molar-refractivity contribution in [1.29, 1.82) is 0 Å². The molecule has 0 radical (unpaired) electrons. The molecule has 146 heavy (non-hydrogen) atoms. The highest BCUT2D eigenvalue weighted by molar-refractivity contribution is 6.15. The number of amides is 7. The number of hydrogen-bond acceptors (Lipinski definition) is 21. The fraction of sp³-hybridized carbons (Fsp3) is 0.109. The number of H-pyrrole nitrogens is 4. The molecule has 32 nitrogen and oxygen atoms in total. The van der Waals surface area contributed by atoms with Gasteiger partial charge in [-0.15, -0.1) is 0 Å². The van der Waals surface area contributed by atoms with Crippen LogP contribution in [-0.4, -0.2) is 181 Å². The largest absolute Gasteiger partial charge is 0.378 e. The average Bonchev–Trinajstić information content (AvgIpc) is 1.66. The Morgan fingerprint density at radius 3 is 0.945 bits per heavy atom. The van der Waals surface area contributed by atoms with Gasteiger partial charge in [0, 0.05) is 137 Å². The quantitative estimate of drug-likeness (QED) is 0.0282. The molecule has 22 rings (SSSR count). The van der Waals surface area contributed by atoms with Gasteiger partial charge in [-0.2, -0.15) is 20.4 Å². The number of carbonyl (C=O) groups is 6. The first-order valence-electron chi connectivity index (χ1n) is 46.1. The number of nitrogens with zero attached hydrogens (tertiary/aromatic N) is 15. The number of pyridine rings is 8. The monoisotopic (exact) mass is 1950 g/mol. The molecule has 0 bridgehead atoms. The number of aromatic amines is 4. The van der Waals surface area contributed by atoms with Gasteiger partial charge in [-0.05, 0) is 273 Å². The summed E-state index contributed by atoms with van der Waals surface area (Å²) in [7, 11) is 7.34. The maximum atomic E-state index is 13.2. The Morgan fingerprint density at radius 2 is 0.630 bits per heavy atom. The highest BCUT2D eigenvalue weighted by Gasteiger charge is 2.30. The van der Waals surface area contributed by atoms with Crippen molar-refractivity contribution in [1.82, 2.24) is 90.5 Å². The first kappa shape index (κ1) is 95.8. The third-order valence-electron chi connectivity index (χ3n) is 23.8. The number of hydrogen-bond donors (Lipinski definition) is 10. The van der Waals surface area contributed by atoms with Crippen LogP contribution in [0.1, 0.15) is 60.4 Å². The second-order valence-corrected chi connectivity index (χ2v) is 34.8. The number of carbonyl (C=O) groups excluding carboxylic acids is 6. The maximum Gasteiger partial charge on any atom is 0.321 e. The summed E-state index contributed by atoms with van der Waals surface area (Å²) < 4.78 is 58.1. The Kier molecular flexibility index (Phi) is 28.4. The first-order chi connectivity index (χ1) is 71.0. The van der Waals surface area contributed by atoms with Gasteiger partial charge in [0.25, 0.3) is 23.6 Å². The van der Waals surface area contributed by atoms with Crippen molar-refractivity contribution in [2.75, 3.05) is 91.3 Å². The lowest BCUT2D eigenvalue weighted by atomic mass is 10.0. The Balaban J connectivity index is 0.000000123. The van der Waals surface area contributed by atoms with Crippen LogP contribution in [0.2, 0.25) is 0 Å². The summed E-state index contributed by atoms with van der Waals surface area (Å²) >= 11 is 0. The molecule has 0 spiro atoms. The van der Waals surface area contributed by atoms with Crippen molar-refractivity contribution in [3.8, 4) is 89.5 Å². The molecule has 0 atom stereocenters. The first-order valence-corrected chi connectivity index (χ1v) is 46.1. The SMILES string of the molecule is CN(C)C(=O)Nc1cncc(-c2ccc3[nH]nc(C(=O)Nc4ccc(-c5ccc(F)cc5)nc4)c3c2)c1.CN(C)Cc1cncc(-c2ccc3[nH]nc(C(=O)Nc4ccc(-c5ccc(F)cc5)nc4)c3c2)c1.O=C(Nc1ccc(-c2ccc(F)cc2)nc1)c1n[nH]c2ccc(-c3cncc(N4CCOCC4)c3)cc12.O=C(Nc1ccc(-c2ccc(F)cc2)nc1)c1n[nH]c2ccc(-c3cncc(NC(=O)C4CC4)c3)cc12. The summed E-state index contributed by atoms with van der Waals surface area (Å²) in [4.78, 5) is 117. The van der Waals surface area contributed by atoms with E-state index in [9.17, 15) is 46.3 Å². The lowest BCUT2D eigenvalue weighted by molar-refractivity contribution is -0.117. The van der Waals surface area contributed by atoms with Crippen LogP contribution in [0.15, 0.2) is 317 Å². The van der Waals surface area contributed by atoms with E-state index in [0.29, 0.717) is 108 Å². The Morgan fingerprint density at radius 1 is 0.322 bits per heavy atom. The Labute approximate surface area is 830 Å². The summed E-state index contributed by atoms with van der Waals surface area (Å²) in [5, 5.41) is 48.3. The number of aromatic nitrogens is 16. The molecule has 724 valence electrons.